The zero-order valence-electron chi connectivity index (χ0n) is 12.0. The van der Waals surface area contributed by atoms with Crippen LogP contribution in [0.2, 0.25) is 0 Å². The maximum atomic E-state index is 11.4. The van der Waals surface area contributed by atoms with Crippen molar-refractivity contribution in [3.63, 3.8) is 0 Å². The number of amides is 1. The molecule has 0 atom stereocenters. The second-order valence-corrected chi connectivity index (χ2v) is 5.16. The predicted molar refractivity (Wildman–Crippen MR) is 79.5 cm³/mol. The second-order valence-electron chi connectivity index (χ2n) is 5.16. The summed E-state index contributed by atoms with van der Waals surface area (Å²) in [7, 11) is 0. The topological polar surface area (TPSA) is 32.3 Å². The smallest absolute Gasteiger partial charge is 0.219 e. The Morgan fingerprint density at radius 2 is 1.95 bits per heavy atom. The molecule has 1 fully saturated rings. The largest absolute Gasteiger partial charge is 0.371 e. The molecule has 1 aliphatic heterocycles. The lowest BCUT2D eigenvalue weighted by atomic mass is 10.0. The standard InChI is InChI=1S/C16H24N2O/c1-3-13-7-5-6-8-15(13)18-11-9-14(10-12-18)17-16(19)4-2/h5-8,14H,3-4,9-12H2,1-2H3,(H,17,19). The van der Waals surface area contributed by atoms with E-state index in [-0.39, 0.29) is 5.91 Å². The highest BCUT2D eigenvalue weighted by molar-refractivity contribution is 5.75. The lowest BCUT2D eigenvalue weighted by Gasteiger charge is -2.35. The summed E-state index contributed by atoms with van der Waals surface area (Å²) in [6.07, 6.45) is 3.75. The van der Waals surface area contributed by atoms with Crippen LogP contribution in [0.1, 0.15) is 38.7 Å². The molecule has 1 heterocycles. The van der Waals surface area contributed by atoms with Crippen LogP contribution in [0.25, 0.3) is 0 Å². The quantitative estimate of drug-likeness (QED) is 0.903. The van der Waals surface area contributed by atoms with Gasteiger partial charge in [-0.3, -0.25) is 4.79 Å². The van der Waals surface area contributed by atoms with Crippen LogP contribution in [0, 0.1) is 0 Å². The van der Waals surface area contributed by atoms with Crippen molar-refractivity contribution in [1.82, 2.24) is 5.32 Å². The highest BCUT2D eigenvalue weighted by Gasteiger charge is 2.21. The van der Waals surface area contributed by atoms with Gasteiger partial charge >= 0.3 is 0 Å². The Labute approximate surface area is 116 Å². The van der Waals surface area contributed by atoms with Crippen molar-refractivity contribution in [2.45, 2.75) is 45.6 Å². The Morgan fingerprint density at radius 3 is 2.58 bits per heavy atom. The molecule has 0 saturated carbocycles. The summed E-state index contributed by atoms with van der Waals surface area (Å²) < 4.78 is 0. The van der Waals surface area contributed by atoms with Gasteiger partial charge < -0.3 is 10.2 Å². The zero-order valence-corrected chi connectivity index (χ0v) is 12.0. The summed E-state index contributed by atoms with van der Waals surface area (Å²) in [6.45, 7) is 6.17. The molecule has 1 saturated heterocycles. The Balaban J connectivity index is 1.94. The molecular weight excluding hydrogens is 236 g/mol. The van der Waals surface area contributed by atoms with Gasteiger partial charge in [-0.2, -0.15) is 0 Å². The SMILES string of the molecule is CCC(=O)NC1CCN(c2ccccc2CC)CC1. The number of nitrogens with one attached hydrogen (secondary N) is 1. The van der Waals surface area contributed by atoms with Crippen LogP contribution >= 0.6 is 0 Å². The van der Waals surface area contributed by atoms with Gasteiger partial charge in [0.2, 0.25) is 5.91 Å². The Morgan fingerprint density at radius 1 is 1.26 bits per heavy atom. The van der Waals surface area contributed by atoms with E-state index in [1.807, 2.05) is 6.92 Å². The van der Waals surface area contributed by atoms with Crippen molar-refractivity contribution in [1.29, 1.82) is 0 Å². The van der Waals surface area contributed by atoms with Crippen LogP contribution in [-0.4, -0.2) is 25.0 Å². The van der Waals surface area contributed by atoms with Gasteiger partial charge in [-0.15, -0.1) is 0 Å². The molecule has 1 aliphatic rings. The molecule has 1 aromatic rings. The van der Waals surface area contributed by atoms with E-state index in [1.165, 1.54) is 11.3 Å². The molecule has 3 nitrogen and oxygen atoms in total. The molecule has 19 heavy (non-hydrogen) atoms. The number of nitrogens with zero attached hydrogens (tertiary/aromatic N) is 1. The molecule has 104 valence electrons. The van der Waals surface area contributed by atoms with Crippen molar-refractivity contribution in [3.05, 3.63) is 29.8 Å². The molecule has 0 aliphatic carbocycles. The maximum absolute atomic E-state index is 11.4. The number of hydrogen-bond acceptors (Lipinski definition) is 2. The minimum Gasteiger partial charge on any atom is -0.371 e. The number of piperidine rings is 1. The summed E-state index contributed by atoms with van der Waals surface area (Å²) in [5.41, 5.74) is 2.78. The van der Waals surface area contributed by atoms with Crippen LogP contribution in [0.5, 0.6) is 0 Å². The minimum atomic E-state index is 0.174. The first-order chi connectivity index (χ1) is 9.24. The summed E-state index contributed by atoms with van der Waals surface area (Å²) in [4.78, 5) is 13.9. The number of para-hydroxylation sites is 1. The Bertz CT molecular complexity index is 423. The maximum Gasteiger partial charge on any atom is 0.219 e. The van der Waals surface area contributed by atoms with Gasteiger partial charge in [0, 0.05) is 31.2 Å². The van der Waals surface area contributed by atoms with Crippen molar-refractivity contribution in [2.75, 3.05) is 18.0 Å². The predicted octanol–water partition coefficient (Wildman–Crippen LogP) is 2.74. The number of benzene rings is 1. The van der Waals surface area contributed by atoms with Crippen LogP contribution in [-0.2, 0) is 11.2 Å². The summed E-state index contributed by atoms with van der Waals surface area (Å²) >= 11 is 0. The fraction of sp³-hybridized carbons (Fsp3) is 0.562. The molecule has 1 N–H and O–H groups in total. The number of anilines is 1. The monoisotopic (exact) mass is 260 g/mol. The summed E-state index contributed by atoms with van der Waals surface area (Å²) in [5, 5.41) is 3.10. The highest BCUT2D eigenvalue weighted by atomic mass is 16.1. The van der Waals surface area contributed by atoms with E-state index in [4.69, 9.17) is 0 Å². The number of carbonyl (C=O) groups excluding carboxylic acids is 1. The molecule has 3 heteroatoms. The Kier molecular flexibility index (Phi) is 4.83. The van der Waals surface area contributed by atoms with Crippen molar-refractivity contribution in [3.8, 4) is 0 Å². The molecule has 1 aromatic carbocycles. The third-order valence-corrected chi connectivity index (χ3v) is 3.89. The fourth-order valence-corrected chi connectivity index (χ4v) is 2.71. The van der Waals surface area contributed by atoms with E-state index in [1.54, 1.807) is 0 Å². The van der Waals surface area contributed by atoms with E-state index in [9.17, 15) is 4.79 Å². The number of rotatable bonds is 4. The van der Waals surface area contributed by atoms with Crippen LogP contribution in [0.15, 0.2) is 24.3 Å². The Hall–Kier alpha value is -1.51. The van der Waals surface area contributed by atoms with Gasteiger partial charge in [0.15, 0.2) is 0 Å². The lowest BCUT2D eigenvalue weighted by molar-refractivity contribution is -0.121. The van der Waals surface area contributed by atoms with Gasteiger partial charge in [-0.05, 0) is 30.9 Å². The van der Waals surface area contributed by atoms with Crippen LogP contribution in [0.3, 0.4) is 0 Å². The molecule has 0 unspecified atom stereocenters. The van der Waals surface area contributed by atoms with Crippen molar-refractivity contribution in [2.24, 2.45) is 0 Å². The first kappa shape index (κ1) is 13.9. The first-order valence-corrected chi connectivity index (χ1v) is 7.36. The van der Waals surface area contributed by atoms with E-state index in [0.717, 1.165) is 32.4 Å². The normalized spacial score (nSPS) is 16.4. The average Bonchev–Trinajstić information content (AvgIpc) is 2.48. The van der Waals surface area contributed by atoms with Crippen molar-refractivity contribution < 1.29 is 4.79 Å². The summed E-state index contributed by atoms with van der Waals surface area (Å²) in [6, 6.07) is 9.00. The minimum absolute atomic E-state index is 0.174. The number of aryl methyl sites for hydroxylation is 1. The molecule has 0 spiro atoms. The number of hydrogen-bond donors (Lipinski definition) is 1. The zero-order chi connectivity index (χ0) is 13.7. The molecule has 1 amide bonds. The number of carbonyl (C=O) groups is 1. The lowest BCUT2D eigenvalue weighted by Crippen LogP contribution is -2.44. The molecule has 0 radical (unpaired) electrons. The van der Waals surface area contributed by atoms with Gasteiger partial charge in [0.1, 0.15) is 0 Å². The molecule has 0 aromatic heterocycles. The third kappa shape index (κ3) is 3.49. The molecular formula is C16H24N2O. The van der Waals surface area contributed by atoms with E-state index in [2.05, 4.69) is 41.4 Å². The average molecular weight is 260 g/mol. The van der Waals surface area contributed by atoms with Crippen molar-refractivity contribution >= 4 is 11.6 Å². The van der Waals surface area contributed by atoms with Gasteiger partial charge in [0.25, 0.3) is 0 Å². The van der Waals surface area contributed by atoms with E-state index in [0.29, 0.717) is 12.5 Å². The molecule has 0 bridgehead atoms. The van der Waals surface area contributed by atoms with Crippen LogP contribution < -0.4 is 10.2 Å². The fourth-order valence-electron chi connectivity index (χ4n) is 2.71. The van der Waals surface area contributed by atoms with Gasteiger partial charge in [0.05, 0.1) is 0 Å². The molecule has 2 rings (SSSR count). The van der Waals surface area contributed by atoms with Crippen LogP contribution in [0.4, 0.5) is 5.69 Å². The highest BCUT2D eigenvalue weighted by Crippen LogP contribution is 2.24. The second kappa shape index (κ2) is 6.60. The van der Waals surface area contributed by atoms with Gasteiger partial charge in [-0.1, -0.05) is 32.0 Å². The van der Waals surface area contributed by atoms with E-state index < -0.39 is 0 Å². The summed E-state index contributed by atoms with van der Waals surface area (Å²) in [5.74, 6) is 0.174. The first-order valence-electron chi connectivity index (χ1n) is 7.36. The van der Waals surface area contributed by atoms with E-state index >= 15 is 0 Å². The third-order valence-electron chi connectivity index (χ3n) is 3.89. The van der Waals surface area contributed by atoms with Gasteiger partial charge in [-0.25, -0.2) is 0 Å².